The van der Waals surface area contributed by atoms with E-state index in [0.29, 0.717) is 0 Å². The second-order valence-electron chi connectivity index (χ2n) is 4.74. The summed E-state index contributed by atoms with van der Waals surface area (Å²) in [5, 5.41) is 3.60. The molecule has 0 atom stereocenters. The molecule has 0 amide bonds. The fourth-order valence-corrected chi connectivity index (χ4v) is 2.96. The predicted molar refractivity (Wildman–Crippen MR) is 64.7 cm³/mol. The minimum absolute atomic E-state index is 0.104. The summed E-state index contributed by atoms with van der Waals surface area (Å²) in [5.41, 5.74) is 2.56. The van der Waals surface area contributed by atoms with E-state index in [4.69, 9.17) is 0 Å². The Balaban J connectivity index is 2.38. The normalized spacial score (nSPS) is 17.4. The first-order valence-electron chi connectivity index (χ1n) is 6.26. The van der Waals surface area contributed by atoms with Crippen molar-refractivity contribution in [3.8, 4) is 0 Å². The number of nitrogens with one attached hydrogen (secondary N) is 1. The van der Waals surface area contributed by atoms with Crippen LogP contribution in [0.2, 0.25) is 0 Å². The second kappa shape index (κ2) is 4.54. The van der Waals surface area contributed by atoms with Crippen LogP contribution in [0.4, 0.5) is 4.39 Å². The fourth-order valence-electron chi connectivity index (χ4n) is 2.96. The van der Waals surface area contributed by atoms with E-state index >= 15 is 0 Å². The number of hydrogen-bond acceptors (Lipinski definition) is 1. The van der Waals surface area contributed by atoms with Crippen molar-refractivity contribution in [1.29, 1.82) is 0 Å². The maximum Gasteiger partial charge on any atom is 0.123 e. The molecule has 0 aromatic heterocycles. The van der Waals surface area contributed by atoms with E-state index in [0.717, 1.165) is 37.8 Å². The monoisotopic (exact) mass is 221 g/mol. The average Bonchev–Trinajstić information content (AvgIpc) is 2.58. The third-order valence-electron chi connectivity index (χ3n) is 3.55. The molecule has 1 aromatic rings. The van der Waals surface area contributed by atoms with Crippen LogP contribution in [0.1, 0.15) is 50.7 Å². The van der Waals surface area contributed by atoms with Crippen molar-refractivity contribution in [2.24, 2.45) is 0 Å². The van der Waals surface area contributed by atoms with Gasteiger partial charge >= 0.3 is 0 Å². The lowest BCUT2D eigenvalue weighted by molar-refractivity contribution is 0.304. The SMILES string of the molecule is CCCC1(CCC)NCc2cc(F)ccc21. The summed E-state index contributed by atoms with van der Waals surface area (Å²) in [5.74, 6) is -0.121. The van der Waals surface area contributed by atoms with Crippen molar-refractivity contribution >= 4 is 0 Å². The van der Waals surface area contributed by atoms with E-state index in [1.807, 2.05) is 6.07 Å². The first-order valence-corrected chi connectivity index (χ1v) is 6.26. The molecular formula is C14H20FN. The van der Waals surface area contributed by atoms with E-state index in [9.17, 15) is 4.39 Å². The molecule has 1 aliphatic heterocycles. The van der Waals surface area contributed by atoms with E-state index in [1.54, 1.807) is 12.1 Å². The molecule has 1 aliphatic rings. The minimum atomic E-state index is -0.121. The van der Waals surface area contributed by atoms with Crippen LogP contribution >= 0.6 is 0 Å². The molecule has 0 saturated heterocycles. The van der Waals surface area contributed by atoms with Gasteiger partial charge in [-0.1, -0.05) is 32.8 Å². The molecule has 1 heterocycles. The van der Waals surface area contributed by atoms with Gasteiger partial charge in [-0.3, -0.25) is 0 Å². The summed E-state index contributed by atoms with van der Waals surface area (Å²) in [6.45, 7) is 5.23. The molecule has 0 radical (unpaired) electrons. The summed E-state index contributed by atoms with van der Waals surface area (Å²) < 4.78 is 13.2. The van der Waals surface area contributed by atoms with Gasteiger partial charge in [-0.25, -0.2) is 4.39 Å². The first kappa shape index (κ1) is 11.6. The van der Waals surface area contributed by atoms with Crippen LogP contribution in [0, 0.1) is 5.82 Å². The fraction of sp³-hybridized carbons (Fsp3) is 0.571. The molecule has 2 heteroatoms. The highest BCUT2D eigenvalue weighted by atomic mass is 19.1. The van der Waals surface area contributed by atoms with E-state index in [1.165, 1.54) is 5.56 Å². The van der Waals surface area contributed by atoms with Crippen LogP contribution in [0.3, 0.4) is 0 Å². The van der Waals surface area contributed by atoms with Crippen molar-refractivity contribution in [3.05, 3.63) is 35.1 Å². The number of halogens is 1. The molecule has 0 bridgehead atoms. The summed E-state index contributed by atoms with van der Waals surface area (Å²) in [7, 11) is 0. The zero-order valence-electron chi connectivity index (χ0n) is 10.1. The van der Waals surface area contributed by atoms with Gasteiger partial charge in [0.15, 0.2) is 0 Å². The van der Waals surface area contributed by atoms with Gasteiger partial charge in [0.2, 0.25) is 0 Å². The number of benzene rings is 1. The highest BCUT2D eigenvalue weighted by Gasteiger charge is 2.36. The Morgan fingerprint density at radius 1 is 1.25 bits per heavy atom. The second-order valence-corrected chi connectivity index (χ2v) is 4.74. The molecule has 1 N–H and O–H groups in total. The quantitative estimate of drug-likeness (QED) is 0.817. The molecule has 1 aromatic carbocycles. The predicted octanol–water partition coefficient (Wildman–Crippen LogP) is 3.72. The lowest BCUT2D eigenvalue weighted by Gasteiger charge is -2.30. The van der Waals surface area contributed by atoms with Crippen molar-refractivity contribution < 1.29 is 4.39 Å². The van der Waals surface area contributed by atoms with Gasteiger partial charge in [0.05, 0.1) is 0 Å². The van der Waals surface area contributed by atoms with E-state index in [-0.39, 0.29) is 11.4 Å². The van der Waals surface area contributed by atoms with Crippen LogP contribution in [-0.2, 0) is 12.1 Å². The maximum atomic E-state index is 13.2. The zero-order valence-corrected chi connectivity index (χ0v) is 10.1. The number of hydrogen-bond donors (Lipinski definition) is 1. The standard InChI is InChI=1S/C14H20FN/c1-3-7-14(8-4-2)13-6-5-12(15)9-11(13)10-16-14/h5-6,9,16H,3-4,7-8,10H2,1-2H3. The van der Waals surface area contributed by atoms with E-state index in [2.05, 4.69) is 19.2 Å². The lowest BCUT2D eigenvalue weighted by atomic mass is 9.82. The molecular weight excluding hydrogens is 201 g/mol. The van der Waals surface area contributed by atoms with Crippen LogP contribution in [-0.4, -0.2) is 0 Å². The third-order valence-corrected chi connectivity index (χ3v) is 3.55. The van der Waals surface area contributed by atoms with Gasteiger partial charge in [0.1, 0.15) is 5.82 Å². The van der Waals surface area contributed by atoms with Crippen LogP contribution in [0.25, 0.3) is 0 Å². The first-order chi connectivity index (χ1) is 7.72. The maximum absolute atomic E-state index is 13.2. The van der Waals surface area contributed by atoms with Gasteiger partial charge in [-0.15, -0.1) is 0 Å². The van der Waals surface area contributed by atoms with Crippen molar-refractivity contribution in [3.63, 3.8) is 0 Å². The Morgan fingerprint density at radius 2 is 1.94 bits per heavy atom. The topological polar surface area (TPSA) is 12.0 Å². The van der Waals surface area contributed by atoms with Crippen molar-refractivity contribution in [2.75, 3.05) is 0 Å². The van der Waals surface area contributed by atoms with E-state index < -0.39 is 0 Å². The Hall–Kier alpha value is -0.890. The van der Waals surface area contributed by atoms with Gasteiger partial charge in [0.25, 0.3) is 0 Å². The molecule has 16 heavy (non-hydrogen) atoms. The smallest absolute Gasteiger partial charge is 0.123 e. The third kappa shape index (κ3) is 1.86. The molecule has 0 fully saturated rings. The van der Waals surface area contributed by atoms with Crippen LogP contribution in [0.5, 0.6) is 0 Å². The Labute approximate surface area is 97.1 Å². The zero-order chi connectivity index (χ0) is 11.6. The molecule has 0 spiro atoms. The summed E-state index contributed by atoms with van der Waals surface area (Å²) in [6.07, 6.45) is 4.59. The van der Waals surface area contributed by atoms with Crippen LogP contribution < -0.4 is 5.32 Å². The molecule has 1 nitrogen and oxygen atoms in total. The number of rotatable bonds is 4. The minimum Gasteiger partial charge on any atom is -0.303 e. The number of fused-ring (bicyclic) bond motifs is 1. The van der Waals surface area contributed by atoms with Gasteiger partial charge in [-0.2, -0.15) is 0 Å². The van der Waals surface area contributed by atoms with Crippen molar-refractivity contribution in [2.45, 2.75) is 51.6 Å². The molecule has 0 unspecified atom stereocenters. The summed E-state index contributed by atoms with van der Waals surface area (Å²) in [4.78, 5) is 0. The molecule has 88 valence electrons. The van der Waals surface area contributed by atoms with Crippen LogP contribution in [0.15, 0.2) is 18.2 Å². The van der Waals surface area contributed by atoms with Gasteiger partial charge < -0.3 is 5.32 Å². The van der Waals surface area contributed by atoms with Gasteiger partial charge in [0, 0.05) is 12.1 Å². The largest absolute Gasteiger partial charge is 0.303 e. The highest BCUT2D eigenvalue weighted by molar-refractivity contribution is 5.38. The molecule has 0 saturated carbocycles. The Bertz CT molecular complexity index is 367. The summed E-state index contributed by atoms with van der Waals surface area (Å²) >= 11 is 0. The lowest BCUT2D eigenvalue weighted by Crippen LogP contribution is -2.36. The Kier molecular flexibility index (Phi) is 3.29. The average molecular weight is 221 g/mol. The molecule has 0 aliphatic carbocycles. The Morgan fingerprint density at radius 3 is 2.56 bits per heavy atom. The highest BCUT2D eigenvalue weighted by Crippen LogP contribution is 2.38. The van der Waals surface area contributed by atoms with Crippen molar-refractivity contribution in [1.82, 2.24) is 5.32 Å². The summed E-state index contributed by atoms with van der Waals surface area (Å²) in [6, 6.07) is 5.23. The van der Waals surface area contributed by atoms with Gasteiger partial charge in [-0.05, 0) is 36.1 Å². The molecule has 2 rings (SSSR count).